The zero-order valence-electron chi connectivity index (χ0n) is 30.7. The van der Waals surface area contributed by atoms with Gasteiger partial charge in [-0.2, -0.15) is 0 Å². The van der Waals surface area contributed by atoms with Gasteiger partial charge >= 0.3 is 0 Å². The van der Waals surface area contributed by atoms with E-state index in [0.29, 0.717) is 0 Å². The Hall–Kier alpha value is -7.16. The molecule has 0 bridgehead atoms. The summed E-state index contributed by atoms with van der Waals surface area (Å²) in [4.78, 5) is 0. The number of allylic oxidation sites excluding steroid dienone is 5. The van der Waals surface area contributed by atoms with Gasteiger partial charge in [-0.05, 0) is 111 Å². The highest BCUT2D eigenvalue weighted by Gasteiger charge is 2.18. The van der Waals surface area contributed by atoms with Crippen LogP contribution in [0.2, 0.25) is 0 Å². The van der Waals surface area contributed by atoms with Gasteiger partial charge in [0.15, 0.2) is 0 Å². The average molecular weight is 703 g/mol. The predicted octanol–water partition coefficient (Wildman–Crippen LogP) is 14.4. The number of rotatable bonds is 7. The van der Waals surface area contributed by atoms with Gasteiger partial charge in [0, 0.05) is 33.4 Å². The second kappa shape index (κ2) is 13.4. The van der Waals surface area contributed by atoms with Gasteiger partial charge in [-0.3, -0.25) is 0 Å². The standard InChI is InChI=1S/C53H38N2/c1-36(38-14-5-3-6-15-38)32-45(33-37(2)39-16-7-4-8-17-39)55-51-28-26-43(35-48(51)53-47-22-12-10-19-41(47)24-29-52(53)55)42-25-27-49-44(34-42)30-31-54(49)50-23-13-20-40-18-9-11-21-46(40)50/h3-35H,1H2,2H3/b37-33+,45-32+. The Balaban J connectivity index is 1.17. The van der Waals surface area contributed by atoms with Crippen LogP contribution in [0.25, 0.3) is 87.9 Å². The fourth-order valence-corrected chi connectivity index (χ4v) is 8.29. The van der Waals surface area contributed by atoms with E-state index < -0.39 is 0 Å². The lowest BCUT2D eigenvalue weighted by Crippen LogP contribution is -1.97. The van der Waals surface area contributed by atoms with Crippen LogP contribution in [0.4, 0.5) is 0 Å². The molecule has 8 aromatic carbocycles. The van der Waals surface area contributed by atoms with Gasteiger partial charge in [0.05, 0.1) is 22.2 Å². The van der Waals surface area contributed by atoms with E-state index in [1.54, 1.807) is 0 Å². The van der Waals surface area contributed by atoms with Crippen molar-refractivity contribution >= 4 is 71.1 Å². The lowest BCUT2D eigenvalue weighted by molar-refractivity contribution is 1.14. The summed E-state index contributed by atoms with van der Waals surface area (Å²) in [6.45, 7) is 6.75. The molecule has 2 nitrogen and oxygen atoms in total. The van der Waals surface area contributed by atoms with E-state index in [1.165, 1.54) is 71.2 Å². The van der Waals surface area contributed by atoms with Gasteiger partial charge in [0.25, 0.3) is 0 Å². The first-order chi connectivity index (χ1) is 27.1. The van der Waals surface area contributed by atoms with Crippen molar-refractivity contribution in [3.8, 4) is 16.8 Å². The van der Waals surface area contributed by atoms with E-state index in [0.717, 1.165) is 27.9 Å². The Morgan fingerprint density at radius 2 is 1.09 bits per heavy atom. The van der Waals surface area contributed by atoms with Crippen molar-refractivity contribution < 1.29 is 0 Å². The highest BCUT2D eigenvalue weighted by atomic mass is 15.0. The molecule has 0 saturated heterocycles. The Labute approximate surface area is 320 Å². The maximum absolute atomic E-state index is 4.56. The van der Waals surface area contributed by atoms with E-state index >= 15 is 0 Å². The normalized spacial score (nSPS) is 12.4. The van der Waals surface area contributed by atoms with Gasteiger partial charge in [-0.15, -0.1) is 0 Å². The van der Waals surface area contributed by atoms with E-state index in [9.17, 15) is 0 Å². The van der Waals surface area contributed by atoms with Crippen LogP contribution in [0.5, 0.6) is 0 Å². The smallest absolute Gasteiger partial charge is 0.0547 e. The molecule has 2 heterocycles. The summed E-state index contributed by atoms with van der Waals surface area (Å²) < 4.78 is 4.74. The van der Waals surface area contributed by atoms with E-state index in [2.05, 4.69) is 223 Å². The van der Waals surface area contributed by atoms with Crippen LogP contribution in [0.3, 0.4) is 0 Å². The van der Waals surface area contributed by atoms with Crippen LogP contribution in [-0.2, 0) is 0 Å². The van der Waals surface area contributed by atoms with Gasteiger partial charge in [-0.25, -0.2) is 0 Å². The minimum Gasteiger partial charge on any atom is -0.316 e. The number of aromatic nitrogens is 2. The molecule has 10 aromatic rings. The quantitative estimate of drug-likeness (QED) is 0.146. The Morgan fingerprint density at radius 3 is 1.87 bits per heavy atom. The molecule has 0 unspecified atom stereocenters. The summed E-state index contributed by atoms with van der Waals surface area (Å²) in [6, 6.07) is 65.5. The topological polar surface area (TPSA) is 9.86 Å². The monoisotopic (exact) mass is 702 g/mol. The summed E-state index contributed by atoms with van der Waals surface area (Å²) in [7, 11) is 0. The minimum atomic E-state index is 0.962. The molecule has 260 valence electrons. The summed E-state index contributed by atoms with van der Waals surface area (Å²) in [6.07, 6.45) is 6.74. The van der Waals surface area contributed by atoms with Crippen LogP contribution in [0.15, 0.2) is 207 Å². The molecule has 0 aliphatic carbocycles. The first-order valence-electron chi connectivity index (χ1n) is 18.9. The zero-order chi connectivity index (χ0) is 36.9. The second-order valence-corrected chi connectivity index (χ2v) is 14.4. The highest BCUT2D eigenvalue weighted by molar-refractivity contribution is 6.22. The molecule has 0 saturated carbocycles. The first-order valence-corrected chi connectivity index (χ1v) is 18.9. The number of benzene rings is 8. The fraction of sp³-hybridized carbons (Fsp3) is 0.0189. The second-order valence-electron chi connectivity index (χ2n) is 14.4. The summed E-state index contributed by atoms with van der Waals surface area (Å²) in [5.74, 6) is 0. The van der Waals surface area contributed by atoms with Crippen molar-refractivity contribution in [2.45, 2.75) is 6.92 Å². The first kappa shape index (κ1) is 32.5. The molecule has 0 atom stereocenters. The van der Waals surface area contributed by atoms with Crippen LogP contribution in [-0.4, -0.2) is 9.13 Å². The van der Waals surface area contributed by atoms with E-state index in [-0.39, 0.29) is 0 Å². The van der Waals surface area contributed by atoms with Crippen LogP contribution in [0, 0.1) is 0 Å². The molecule has 55 heavy (non-hydrogen) atoms. The third kappa shape index (κ3) is 5.67. The van der Waals surface area contributed by atoms with Crippen molar-refractivity contribution in [1.29, 1.82) is 0 Å². The maximum Gasteiger partial charge on any atom is 0.0547 e. The summed E-state index contributed by atoms with van der Waals surface area (Å²) >= 11 is 0. The van der Waals surface area contributed by atoms with Crippen LogP contribution in [0.1, 0.15) is 18.1 Å². The van der Waals surface area contributed by atoms with Crippen molar-refractivity contribution in [3.63, 3.8) is 0 Å². The molecule has 0 amide bonds. The zero-order valence-corrected chi connectivity index (χ0v) is 30.7. The van der Waals surface area contributed by atoms with Crippen LogP contribution < -0.4 is 0 Å². The molecular formula is C53H38N2. The number of nitrogens with zero attached hydrogens (tertiary/aromatic N) is 2. The average Bonchev–Trinajstić information content (AvgIpc) is 3.82. The minimum absolute atomic E-state index is 0.962. The maximum atomic E-state index is 4.56. The lowest BCUT2D eigenvalue weighted by Gasteiger charge is -2.13. The Kier molecular flexibility index (Phi) is 7.89. The molecule has 10 rings (SSSR count). The summed E-state index contributed by atoms with van der Waals surface area (Å²) in [5.41, 5.74) is 12.6. The van der Waals surface area contributed by atoms with E-state index in [1.807, 2.05) is 0 Å². The van der Waals surface area contributed by atoms with Crippen LogP contribution >= 0.6 is 0 Å². The SMILES string of the molecule is C=C(/C=C(\C=C(/C)c1ccccc1)n1c2ccc(-c3ccc4c(ccn4-c4cccc5ccccc45)c3)cc2c2c3ccccc3ccc21)c1ccccc1. The van der Waals surface area contributed by atoms with E-state index in [4.69, 9.17) is 0 Å². The molecule has 0 fully saturated rings. The number of hydrogen-bond acceptors (Lipinski definition) is 0. The Bertz CT molecular complexity index is 3150. The molecule has 0 radical (unpaired) electrons. The van der Waals surface area contributed by atoms with Crippen molar-refractivity contribution in [1.82, 2.24) is 9.13 Å². The number of hydrogen-bond donors (Lipinski definition) is 0. The predicted molar refractivity (Wildman–Crippen MR) is 237 cm³/mol. The van der Waals surface area contributed by atoms with Crippen molar-refractivity contribution in [3.05, 3.63) is 218 Å². The Morgan fingerprint density at radius 1 is 0.473 bits per heavy atom. The summed E-state index contributed by atoms with van der Waals surface area (Å²) in [5, 5.41) is 8.64. The molecule has 0 spiro atoms. The molecular weight excluding hydrogens is 665 g/mol. The van der Waals surface area contributed by atoms with Gasteiger partial charge < -0.3 is 9.13 Å². The third-order valence-electron chi connectivity index (χ3n) is 11.0. The van der Waals surface area contributed by atoms with Gasteiger partial charge in [-0.1, -0.05) is 146 Å². The molecule has 2 aromatic heterocycles. The largest absolute Gasteiger partial charge is 0.316 e. The molecule has 0 aliphatic rings. The molecule has 2 heteroatoms. The lowest BCUT2D eigenvalue weighted by atomic mass is 9.99. The highest BCUT2D eigenvalue weighted by Crippen LogP contribution is 2.40. The third-order valence-corrected chi connectivity index (χ3v) is 11.0. The van der Waals surface area contributed by atoms with Gasteiger partial charge in [0.2, 0.25) is 0 Å². The molecule has 0 aliphatic heterocycles. The van der Waals surface area contributed by atoms with Gasteiger partial charge in [0.1, 0.15) is 0 Å². The van der Waals surface area contributed by atoms with Crippen molar-refractivity contribution in [2.24, 2.45) is 0 Å². The van der Waals surface area contributed by atoms with Crippen molar-refractivity contribution in [2.75, 3.05) is 0 Å². The molecule has 0 N–H and O–H groups in total. The fourth-order valence-electron chi connectivity index (χ4n) is 8.29. The number of fused-ring (bicyclic) bond motifs is 7.